The van der Waals surface area contributed by atoms with Crippen molar-refractivity contribution in [1.29, 1.82) is 0 Å². The van der Waals surface area contributed by atoms with E-state index in [1.165, 1.54) is 0 Å². The first-order valence-electron chi connectivity index (χ1n) is 6.25. The molecule has 8 nitrogen and oxygen atoms in total. The summed E-state index contributed by atoms with van der Waals surface area (Å²) in [6.07, 6.45) is 3.68. The van der Waals surface area contributed by atoms with Gasteiger partial charge in [0.2, 0.25) is 11.8 Å². The van der Waals surface area contributed by atoms with Gasteiger partial charge in [-0.2, -0.15) is 15.1 Å². The molecule has 0 unspecified atom stereocenters. The summed E-state index contributed by atoms with van der Waals surface area (Å²) in [5.41, 5.74) is 3.02. The molecular weight excluding hydrogens is 248 g/mol. The molecule has 1 saturated heterocycles. The standard InChI is InChI=1S/C11H16N6O2/c12-16-11-14-9-8(5-13-17-9)10(15-11)19-6-7-1-3-18-4-2-7/h5,7H,1-4,6,12H2,(H2,13,14,15,16,17). The SMILES string of the molecule is NNc1nc(OCC2CCOCC2)c2cn[nH]c2n1. The first-order chi connectivity index (χ1) is 9.36. The van der Waals surface area contributed by atoms with Crippen LogP contribution in [-0.2, 0) is 4.74 Å². The zero-order valence-electron chi connectivity index (χ0n) is 10.4. The molecule has 0 amide bonds. The van der Waals surface area contributed by atoms with Gasteiger partial charge < -0.3 is 9.47 Å². The van der Waals surface area contributed by atoms with E-state index in [-0.39, 0.29) is 0 Å². The average molecular weight is 264 g/mol. The van der Waals surface area contributed by atoms with E-state index in [4.69, 9.17) is 15.3 Å². The van der Waals surface area contributed by atoms with Crippen molar-refractivity contribution in [1.82, 2.24) is 20.2 Å². The number of hydrogen-bond acceptors (Lipinski definition) is 7. The number of nitrogens with two attached hydrogens (primary N) is 1. The lowest BCUT2D eigenvalue weighted by atomic mass is 10.0. The Kier molecular flexibility index (Phi) is 3.43. The van der Waals surface area contributed by atoms with Gasteiger partial charge in [0, 0.05) is 13.2 Å². The Morgan fingerprint density at radius 2 is 2.26 bits per heavy atom. The average Bonchev–Trinajstić information content (AvgIpc) is 2.94. The summed E-state index contributed by atoms with van der Waals surface area (Å²) in [5.74, 6) is 6.64. The van der Waals surface area contributed by atoms with Gasteiger partial charge in [0.05, 0.1) is 12.8 Å². The van der Waals surface area contributed by atoms with Crippen LogP contribution in [0.25, 0.3) is 11.0 Å². The van der Waals surface area contributed by atoms with Gasteiger partial charge in [-0.1, -0.05) is 0 Å². The molecule has 1 aliphatic rings. The molecular formula is C11H16N6O2. The topological polar surface area (TPSA) is 111 Å². The van der Waals surface area contributed by atoms with Crippen molar-refractivity contribution >= 4 is 17.0 Å². The Bertz CT molecular complexity index is 551. The number of anilines is 1. The second-order valence-electron chi connectivity index (χ2n) is 4.50. The lowest BCUT2D eigenvalue weighted by molar-refractivity contribution is 0.0493. The van der Waals surface area contributed by atoms with Crippen molar-refractivity contribution in [2.24, 2.45) is 11.8 Å². The van der Waals surface area contributed by atoms with Gasteiger partial charge in [0.15, 0.2) is 5.65 Å². The van der Waals surface area contributed by atoms with Crippen molar-refractivity contribution in [3.63, 3.8) is 0 Å². The number of hydrogen-bond donors (Lipinski definition) is 3. The fourth-order valence-corrected chi connectivity index (χ4v) is 2.09. The first kappa shape index (κ1) is 12.1. The molecule has 8 heteroatoms. The third-order valence-electron chi connectivity index (χ3n) is 3.20. The van der Waals surface area contributed by atoms with Crippen molar-refractivity contribution in [3.8, 4) is 5.88 Å². The number of rotatable bonds is 4. The quantitative estimate of drug-likeness (QED) is 0.543. The van der Waals surface area contributed by atoms with E-state index >= 15 is 0 Å². The van der Waals surface area contributed by atoms with Gasteiger partial charge in [-0.15, -0.1) is 0 Å². The van der Waals surface area contributed by atoms with E-state index in [1.807, 2.05) is 0 Å². The molecule has 0 atom stereocenters. The van der Waals surface area contributed by atoms with Crippen LogP contribution < -0.4 is 16.0 Å². The Hall–Kier alpha value is -1.93. The lowest BCUT2D eigenvalue weighted by Crippen LogP contribution is -2.22. The summed E-state index contributed by atoms with van der Waals surface area (Å²) in [4.78, 5) is 8.36. The van der Waals surface area contributed by atoms with Gasteiger partial charge in [-0.25, -0.2) is 5.84 Å². The molecule has 19 heavy (non-hydrogen) atoms. The Morgan fingerprint density at radius 3 is 3.05 bits per heavy atom. The number of nitrogen functional groups attached to an aromatic ring is 1. The zero-order chi connectivity index (χ0) is 13.1. The van der Waals surface area contributed by atoms with Gasteiger partial charge in [-0.3, -0.25) is 10.5 Å². The molecule has 3 heterocycles. The van der Waals surface area contributed by atoms with E-state index in [0.717, 1.165) is 31.4 Å². The van der Waals surface area contributed by atoms with Crippen LogP contribution >= 0.6 is 0 Å². The highest BCUT2D eigenvalue weighted by Gasteiger charge is 2.16. The molecule has 0 radical (unpaired) electrons. The number of fused-ring (bicyclic) bond motifs is 1. The molecule has 0 aromatic carbocycles. The van der Waals surface area contributed by atoms with E-state index in [0.29, 0.717) is 30.0 Å². The van der Waals surface area contributed by atoms with Crippen molar-refractivity contribution < 1.29 is 9.47 Å². The fraction of sp³-hybridized carbons (Fsp3) is 0.545. The summed E-state index contributed by atoms with van der Waals surface area (Å²) >= 11 is 0. The minimum Gasteiger partial charge on any atom is -0.477 e. The van der Waals surface area contributed by atoms with Gasteiger partial charge >= 0.3 is 0 Å². The Balaban J connectivity index is 1.77. The number of hydrazine groups is 1. The highest BCUT2D eigenvalue weighted by atomic mass is 16.5. The second kappa shape index (κ2) is 5.37. The fourth-order valence-electron chi connectivity index (χ4n) is 2.09. The van der Waals surface area contributed by atoms with Crippen LogP contribution in [0.5, 0.6) is 5.88 Å². The van der Waals surface area contributed by atoms with Crippen LogP contribution in [0.15, 0.2) is 6.20 Å². The van der Waals surface area contributed by atoms with Crippen molar-refractivity contribution in [2.75, 3.05) is 25.2 Å². The minimum absolute atomic E-state index is 0.304. The van der Waals surface area contributed by atoms with Crippen LogP contribution in [0.2, 0.25) is 0 Å². The molecule has 0 saturated carbocycles. The van der Waals surface area contributed by atoms with Crippen LogP contribution in [0.1, 0.15) is 12.8 Å². The molecule has 102 valence electrons. The maximum atomic E-state index is 5.80. The summed E-state index contributed by atoms with van der Waals surface area (Å²) in [7, 11) is 0. The molecule has 0 aliphatic carbocycles. The molecule has 0 spiro atoms. The second-order valence-corrected chi connectivity index (χ2v) is 4.50. The number of nitrogens with one attached hydrogen (secondary N) is 2. The number of aromatic amines is 1. The monoisotopic (exact) mass is 264 g/mol. The highest BCUT2D eigenvalue weighted by Crippen LogP contribution is 2.23. The zero-order valence-corrected chi connectivity index (χ0v) is 10.4. The van der Waals surface area contributed by atoms with E-state index in [9.17, 15) is 0 Å². The summed E-state index contributed by atoms with van der Waals surface area (Å²) < 4.78 is 11.1. The number of H-pyrrole nitrogens is 1. The minimum atomic E-state index is 0.304. The maximum Gasteiger partial charge on any atom is 0.242 e. The molecule has 1 fully saturated rings. The number of aromatic nitrogens is 4. The van der Waals surface area contributed by atoms with Crippen LogP contribution in [-0.4, -0.2) is 40.0 Å². The Labute approximate surface area is 109 Å². The summed E-state index contributed by atoms with van der Waals surface area (Å²) in [6, 6.07) is 0. The van der Waals surface area contributed by atoms with Crippen LogP contribution in [0.3, 0.4) is 0 Å². The molecule has 2 aromatic heterocycles. The third kappa shape index (κ3) is 2.59. The molecule has 4 N–H and O–H groups in total. The highest BCUT2D eigenvalue weighted by molar-refractivity contribution is 5.80. The van der Waals surface area contributed by atoms with E-state index in [2.05, 4.69) is 25.6 Å². The van der Waals surface area contributed by atoms with Gasteiger partial charge in [0.1, 0.15) is 5.39 Å². The van der Waals surface area contributed by atoms with Crippen LogP contribution in [0, 0.1) is 5.92 Å². The predicted molar refractivity (Wildman–Crippen MR) is 68.5 cm³/mol. The molecule has 3 rings (SSSR count). The molecule has 1 aliphatic heterocycles. The van der Waals surface area contributed by atoms with Crippen molar-refractivity contribution in [2.45, 2.75) is 12.8 Å². The van der Waals surface area contributed by atoms with Crippen molar-refractivity contribution in [3.05, 3.63) is 6.20 Å². The first-order valence-corrected chi connectivity index (χ1v) is 6.25. The Morgan fingerprint density at radius 1 is 1.42 bits per heavy atom. The normalized spacial score (nSPS) is 16.7. The maximum absolute atomic E-state index is 5.80. The smallest absolute Gasteiger partial charge is 0.242 e. The number of ether oxygens (including phenoxy) is 2. The van der Waals surface area contributed by atoms with Gasteiger partial charge in [-0.05, 0) is 18.8 Å². The van der Waals surface area contributed by atoms with E-state index < -0.39 is 0 Å². The van der Waals surface area contributed by atoms with Gasteiger partial charge in [0.25, 0.3) is 0 Å². The van der Waals surface area contributed by atoms with Crippen LogP contribution in [0.4, 0.5) is 5.95 Å². The predicted octanol–water partition coefficient (Wildman–Crippen LogP) is 0.444. The summed E-state index contributed by atoms with van der Waals surface area (Å²) in [6.45, 7) is 2.22. The van der Waals surface area contributed by atoms with E-state index in [1.54, 1.807) is 6.20 Å². The molecule has 2 aromatic rings. The lowest BCUT2D eigenvalue weighted by Gasteiger charge is -2.21. The summed E-state index contributed by atoms with van der Waals surface area (Å²) in [5, 5.41) is 7.47. The molecule has 0 bridgehead atoms. The third-order valence-corrected chi connectivity index (χ3v) is 3.20. The number of nitrogens with zero attached hydrogens (tertiary/aromatic N) is 3. The largest absolute Gasteiger partial charge is 0.477 e.